The number of rotatable bonds is 11. The number of nitrogens with zero attached hydrogens (tertiary/aromatic N) is 5. The lowest BCUT2D eigenvalue weighted by Crippen LogP contribution is -2.58. The molecule has 2 aliphatic heterocycles. The summed E-state index contributed by atoms with van der Waals surface area (Å²) < 4.78 is 5.74. The number of anilines is 2. The highest BCUT2D eigenvalue weighted by Gasteiger charge is 2.34. The molecule has 0 amide bonds. The molecule has 224 valence electrons. The van der Waals surface area contributed by atoms with Gasteiger partial charge in [0.2, 0.25) is 0 Å². The van der Waals surface area contributed by atoms with Crippen LogP contribution in [0.1, 0.15) is 43.0 Å². The maximum absolute atomic E-state index is 6.70. The van der Waals surface area contributed by atoms with Gasteiger partial charge in [-0.1, -0.05) is 73.1 Å². The van der Waals surface area contributed by atoms with E-state index in [-0.39, 0.29) is 0 Å². The second kappa shape index (κ2) is 14.2. The third-order valence-corrected chi connectivity index (χ3v) is 8.71. The quantitative estimate of drug-likeness (QED) is 0.294. The van der Waals surface area contributed by atoms with Crippen LogP contribution in [-0.4, -0.2) is 77.7 Å². The number of nitrogens with one attached hydrogen (secondary N) is 1. The summed E-state index contributed by atoms with van der Waals surface area (Å²) in [7, 11) is 0. The van der Waals surface area contributed by atoms with Crippen molar-refractivity contribution >= 4 is 28.9 Å². The van der Waals surface area contributed by atoms with Crippen molar-refractivity contribution in [1.82, 2.24) is 25.1 Å². The molecule has 42 heavy (non-hydrogen) atoms. The van der Waals surface area contributed by atoms with Crippen LogP contribution in [0, 0.1) is 6.92 Å². The minimum absolute atomic E-state index is 0.326. The number of nitrogen functional groups attached to an aromatic ring is 1. The number of para-hydroxylation sites is 1. The Labute approximate surface area is 255 Å². The first kappa shape index (κ1) is 30.1. The standard InChI is InChI=1S/C33H44ClN7O/c1-4-27-23-40(19-20-41(27)28-14-17-39(18-15-28)22-26-12-10-24(2)11-13-26)33-31(34)37-30(32(35)38-33)25(3)36-16-21-42-29-8-6-5-7-9-29/h5-13,27-28,36H,3-4,14-23H2,1-2H3,(H2,35,38)/t27-/m0/s1. The normalized spacial score (nSPS) is 18.6. The lowest BCUT2D eigenvalue weighted by molar-refractivity contribution is 0.0610. The van der Waals surface area contributed by atoms with Gasteiger partial charge in [0.1, 0.15) is 18.1 Å². The highest BCUT2D eigenvalue weighted by atomic mass is 35.5. The average Bonchev–Trinajstić information content (AvgIpc) is 3.02. The third kappa shape index (κ3) is 7.54. The van der Waals surface area contributed by atoms with Crippen LogP contribution in [0.4, 0.5) is 11.6 Å². The number of nitrogens with two attached hydrogens (primary N) is 1. The predicted molar refractivity (Wildman–Crippen MR) is 173 cm³/mol. The molecule has 1 atom stereocenters. The zero-order chi connectivity index (χ0) is 29.5. The van der Waals surface area contributed by atoms with Gasteiger partial charge in [-0.2, -0.15) is 0 Å². The molecule has 3 N–H and O–H groups in total. The van der Waals surface area contributed by atoms with Crippen LogP contribution in [0.5, 0.6) is 5.75 Å². The molecule has 3 aromatic rings. The highest BCUT2D eigenvalue weighted by molar-refractivity contribution is 6.31. The van der Waals surface area contributed by atoms with Gasteiger partial charge in [0, 0.05) is 44.8 Å². The Bertz CT molecular complexity index is 1310. The van der Waals surface area contributed by atoms with E-state index in [1.807, 2.05) is 30.3 Å². The summed E-state index contributed by atoms with van der Waals surface area (Å²) in [5.41, 5.74) is 10.1. The van der Waals surface area contributed by atoms with E-state index in [0.29, 0.717) is 53.4 Å². The first-order valence-electron chi connectivity index (χ1n) is 15.1. The molecule has 2 aromatic carbocycles. The molecule has 3 heterocycles. The molecule has 0 radical (unpaired) electrons. The second-order valence-corrected chi connectivity index (χ2v) is 11.7. The summed E-state index contributed by atoms with van der Waals surface area (Å²) in [6, 6.07) is 19.7. The first-order chi connectivity index (χ1) is 20.4. The number of hydrogen-bond acceptors (Lipinski definition) is 8. The van der Waals surface area contributed by atoms with Crippen molar-refractivity contribution in [1.29, 1.82) is 0 Å². The topological polar surface area (TPSA) is 82.8 Å². The number of likely N-dealkylation sites (tertiary alicyclic amines) is 1. The predicted octanol–water partition coefficient (Wildman–Crippen LogP) is 5.23. The summed E-state index contributed by atoms with van der Waals surface area (Å²) in [5, 5.41) is 3.59. The van der Waals surface area contributed by atoms with Crippen molar-refractivity contribution in [2.24, 2.45) is 0 Å². The van der Waals surface area contributed by atoms with Crippen LogP contribution in [0.15, 0.2) is 61.2 Å². The number of benzene rings is 2. The largest absolute Gasteiger partial charge is 0.492 e. The van der Waals surface area contributed by atoms with Gasteiger partial charge in [-0.3, -0.25) is 9.80 Å². The van der Waals surface area contributed by atoms with Crippen LogP contribution in [0.3, 0.4) is 0 Å². The molecule has 8 nitrogen and oxygen atoms in total. The lowest BCUT2D eigenvalue weighted by atomic mass is 9.98. The molecule has 0 bridgehead atoms. The highest BCUT2D eigenvalue weighted by Crippen LogP contribution is 2.31. The van der Waals surface area contributed by atoms with E-state index in [1.54, 1.807) is 0 Å². The van der Waals surface area contributed by atoms with Gasteiger partial charge in [-0.15, -0.1) is 0 Å². The van der Waals surface area contributed by atoms with Crippen LogP contribution in [-0.2, 0) is 6.54 Å². The zero-order valence-corrected chi connectivity index (χ0v) is 25.7. The van der Waals surface area contributed by atoms with E-state index in [0.717, 1.165) is 51.4 Å². The smallest absolute Gasteiger partial charge is 0.172 e. The number of piperidine rings is 1. The second-order valence-electron chi connectivity index (χ2n) is 11.4. The third-order valence-electron chi connectivity index (χ3n) is 8.45. The van der Waals surface area contributed by atoms with Gasteiger partial charge in [0.15, 0.2) is 16.8 Å². The first-order valence-corrected chi connectivity index (χ1v) is 15.5. The Kier molecular flexibility index (Phi) is 10.2. The van der Waals surface area contributed by atoms with E-state index >= 15 is 0 Å². The molecule has 9 heteroatoms. The maximum Gasteiger partial charge on any atom is 0.172 e. The van der Waals surface area contributed by atoms with Crippen molar-refractivity contribution in [3.63, 3.8) is 0 Å². The van der Waals surface area contributed by atoms with Crippen LogP contribution in [0.2, 0.25) is 5.15 Å². The van der Waals surface area contributed by atoms with Crippen molar-refractivity contribution in [2.45, 2.75) is 51.7 Å². The Hall–Kier alpha value is -3.33. The molecule has 2 saturated heterocycles. The Morgan fingerprint density at radius 2 is 1.79 bits per heavy atom. The number of aryl methyl sites for hydroxylation is 1. The molecule has 0 spiro atoms. The van der Waals surface area contributed by atoms with Gasteiger partial charge < -0.3 is 20.7 Å². The van der Waals surface area contributed by atoms with E-state index in [4.69, 9.17) is 27.1 Å². The molecule has 1 aromatic heterocycles. The molecule has 0 saturated carbocycles. The molecule has 2 aliphatic rings. The summed E-state index contributed by atoms with van der Waals surface area (Å²) in [5.74, 6) is 1.81. The van der Waals surface area contributed by atoms with E-state index in [2.05, 4.69) is 69.7 Å². The van der Waals surface area contributed by atoms with Gasteiger partial charge in [-0.25, -0.2) is 9.97 Å². The van der Waals surface area contributed by atoms with Gasteiger partial charge >= 0.3 is 0 Å². The average molecular weight is 590 g/mol. The molecule has 0 aliphatic carbocycles. The number of hydrogen-bond donors (Lipinski definition) is 2. The fraction of sp³-hybridized carbons (Fsp3) is 0.455. The Morgan fingerprint density at radius 3 is 2.50 bits per heavy atom. The van der Waals surface area contributed by atoms with Crippen molar-refractivity contribution in [2.75, 3.05) is 56.5 Å². The van der Waals surface area contributed by atoms with E-state index in [9.17, 15) is 0 Å². The monoisotopic (exact) mass is 589 g/mol. The van der Waals surface area contributed by atoms with Crippen molar-refractivity contribution in [3.8, 4) is 5.75 Å². The number of halogens is 1. The molecule has 0 unspecified atom stereocenters. The lowest BCUT2D eigenvalue weighted by Gasteiger charge is -2.47. The summed E-state index contributed by atoms with van der Waals surface area (Å²) in [4.78, 5) is 16.9. The van der Waals surface area contributed by atoms with Crippen molar-refractivity contribution in [3.05, 3.63) is 83.2 Å². The van der Waals surface area contributed by atoms with Crippen molar-refractivity contribution < 1.29 is 4.74 Å². The minimum atomic E-state index is 0.326. The van der Waals surface area contributed by atoms with Crippen LogP contribution >= 0.6 is 11.6 Å². The van der Waals surface area contributed by atoms with Crippen LogP contribution < -0.4 is 20.7 Å². The summed E-state index contributed by atoms with van der Waals surface area (Å²) >= 11 is 6.70. The van der Waals surface area contributed by atoms with E-state index in [1.165, 1.54) is 24.0 Å². The summed E-state index contributed by atoms with van der Waals surface area (Å²) in [6.07, 6.45) is 3.48. The van der Waals surface area contributed by atoms with Gasteiger partial charge in [0.25, 0.3) is 0 Å². The molecular formula is C33H44ClN7O. The Morgan fingerprint density at radius 1 is 1.05 bits per heavy atom. The Balaban J connectivity index is 1.13. The van der Waals surface area contributed by atoms with Gasteiger partial charge in [-0.05, 0) is 57.0 Å². The number of aromatic nitrogens is 2. The fourth-order valence-electron chi connectivity index (χ4n) is 6.08. The maximum atomic E-state index is 6.70. The summed E-state index contributed by atoms with van der Waals surface area (Å²) in [6.45, 7) is 15.6. The molecule has 2 fully saturated rings. The SMILES string of the molecule is C=C(NCCOc1ccccc1)c1nc(Cl)c(N2CCN(C3CCN(Cc4ccc(C)cc4)CC3)[C@@H](CC)C2)nc1N. The van der Waals surface area contributed by atoms with Crippen LogP contribution in [0.25, 0.3) is 5.70 Å². The minimum Gasteiger partial charge on any atom is -0.492 e. The molecular weight excluding hydrogens is 546 g/mol. The zero-order valence-electron chi connectivity index (χ0n) is 24.9. The van der Waals surface area contributed by atoms with Gasteiger partial charge in [0.05, 0.1) is 5.70 Å². The number of piperazine rings is 1. The number of ether oxygens (including phenoxy) is 1. The molecule has 5 rings (SSSR count). The van der Waals surface area contributed by atoms with E-state index < -0.39 is 0 Å². The fourth-order valence-corrected chi connectivity index (χ4v) is 6.33.